The number of para-hydroxylation sites is 7. The zero-order chi connectivity index (χ0) is 23.9. The molecule has 170 valence electrons. The highest BCUT2D eigenvalue weighted by Crippen LogP contribution is 2.53. The standard InChI is InChI=1S/C32H22N4/c1-2-10-24(11-3-1)35-29-14-6-8-16-31(29)36(32-17-9-7-15-30(32)35)25-20-18-23(19-21-25)28-22-33-26-12-4-5-13-27(26)34-28/h1-22H. The molecule has 36 heavy (non-hydrogen) atoms. The van der Waals surface area contributed by atoms with Crippen molar-refractivity contribution in [2.45, 2.75) is 0 Å². The van der Waals surface area contributed by atoms with E-state index in [0.717, 1.165) is 56.4 Å². The van der Waals surface area contributed by atoms with Crippen LogP contribution in [0.25, 0.3) is 22.3 Å². The number of fused-ring (bicyclic) bond motifs is 3. The molecule has 0 atom stereocenters. The molecule has 0 spiro atoms. The average Bonchev–Trinajstić information content (AvgIpc) is 2.96. The molecule has 0 amide bonds. The first-order chi connectivity index (χ1) is 17.9. The van der Waals surface area contributed by atoms with E-state index in [1.807, 2.05) is 30.5 Å². The van der Waals surface area contributed by atoms with Crippen LogP contribution in [0.3, 0.4) is 0 Å². The summed E-state index contributed by atoms with van der Waals surface area (Å²) in [6.07, 6.45) is 1.85. The van der Waals surface area contributed by atoms with Gasteiger partial charge in [-0.2, -0.15) is 0 Å². The summed E-state index contributed by atoms with van der Waals surface area (Å²) in [5, 5.41) is 0. The van der Waals surface area contributed by atoms with Crippen molar-refractivity contribution in [1.29, 1.82) is 0 Å². The van der Waals surface area contributed by atoms with E-state index in [2.05, 4.69) is 118 Å². The molecule has 7 rings (SSSR count). The van der Waals surface area contributed by atoms with Gasteiger partial charge in [-0.25, -0.2) is 4.98 Å². The Morgan fingerprint density at radius 2 is 0.889 bits per heavy atom. The van der Waals surface area contributed by atoms with E-state index in [9.17, 15) is 0 Å². The summed E-state index contributed by atoms with van der Waals surface area (Å²) in [7, 11) is 0. The Morgan fingerprint density at radius 3 is 1.47 bits per heavy atom. The summed E-state index contributed by atoms with van der Waals surface area (Å²) in [5.74, 6) is 0. The molecule has 1 aliphatic heterocycles. The van der Waals surface area contributed by atoms with Crippen LogP contribution in [0.5, 0.6) is 0 Å². The smallest absolute Gasteiger partial charge is 0.0894 e. The van der Waals surface area contributed by atoms with E-state index < -0.39 is 0 Å². The second kappa shape index (κ2) is 8.36. The van der Waals surface area contributed by atoms with Crippen molar-refractivity contribution in [3.8, 4) is 11.3 Å². The first kappa shape index (κ1) is 20.4. The predicted molar refractivity (Wildman–Crippen MR) is 148 cm³/mol. The highest BCUT2D eigenvalue weighted by molar-refractivity contribution is 6.01. The summed E-state index contributed by atoms with van der Waals surface area (Å²) in [6.45, 7) is 0. The Labute approximate surface area is 209 Å². The summed E-state index contributed by atoms with van der Waals surface area (Å²) < 4.78 is 0. The van der Waals surface area contributed by atoms with Gasteiger partial charge in [-0.1, -0.05) is 66.7 Å². The van der Waals surface area contributed by atoms with Gasteiger partial charge in [0.1, 0.15) is 0 Å². The lowest BCUT2D eigenvalue weighted by Crippen LogP contribution is -2.23. The zero-order valence-electron chi connectivity index (χ0n) is 19.5. The minimum Gasteiger partial charge on any atom is -0.306 e. The van der Waals surface area contributed by atoms with E-state index in [-0.39, 0.29) is 0 Å². The van der Waals surface area contributed by atoms with Crippen molar-refractivity contribution in [3.05, 3.63) is 134 Å². The van der Waals surface area contributed by atoms with Gasteiger partial charge in [-0.05, 0) is 60.7 Å². The van der Waals surface area contributed by atoms with Crippen LogP contribution < -0.4 is 9.80 Å². The number of benzene rings is 5. The van der Waals surface area contributed by atoms with Gasteiger partial charge in [0.05, 0.1) is 45.7 Å². The van der Waals surface area contributed by atoms with Gasteiger partial charge < -0.3 is 9.80 Å². The number of hydrogen-bond donors (Lipinski definition) is 0. The molecule has 2 heterocycles. The fraction of sp³-hybridized carbons (Fsp3) is 0. The van der Waals surface area contributed by atoms with Crippen molar-refractivity contribution in [2.24, 2.45) is 0 Å². The fourth-order valence-corrected chi connectivity index (χ4v) is 4.96. The lowest BCUT2D eigenvalue weighted by atomic mass is 10.0. The third kappa shape index (κ3) is 3.31. The summed E-state index contributed by atoms with van der Waals surface area (Å²) >= 11 is 0. The minimum atomic E-state index is 0.870. The Balaban J connectivity index is 1.34. The van der Waals surface area contributed by atoms with Crippen LogP contribution in [-0.2, 0) is 0 Å². The topological polar surface area (TPSA) is 32.3 Å². The van der Waals surface area contributed by atoms with Crippen molar-refractivity contribution in [2.75, 3.05) is 9.80 Å². The SMILES string of the molecule is c1ccc(N2c3ccccc3N(c3ccc(-c4cnc5ccccc5n4)cc3)c3ccccc32)cc1. The molecule has 0 radical (unpaired) electrons. The number of anilines is 6. The van der Waals surface area contributed by atoms with Gasteiger partial charge in [0, 0.05) is 16.9 Å². The lowest BCUT2D eigenvalue weighted by molar-refractivity contribution is 1.17. The molecule has 1 aliphatic rings. The maximum atomic E-state index is 4.82. The Kier molecular flexibility index (Phi) is 4.74. The van der Waals surface area contributed by atoms with Gasteiger partial charge >= 0.3 is 0 Å². The first-order valence-electron chi connectivity index (χ1n) is 12.0. The summed E-state index contributed by atoms with van der Waals surface area (Å²) in [5.41, 5.74) is 10.5. The Morgan fingerprint density at radius 1 is 0.417 bits per heavy atom. The molecule has 0 aliphatic carbocycles. The highest BCUT2D eigenvalue weighted by atomic mass is 15.3. The molecule has 6 aromatic rings. The molecule has 0 fully saturated rings. The van der Waals surface area contributed by atoms with Crippen molar-refractivity contribution in [3.63, 3.8) is 0 Å². The Hall–Kier alpha value is -4.96. The minimum absolute atomic E-state index is 0.870. The molecule has 1 aromatic heterocycles. The van der Waals surface area contributed by atoms with E-state index in [1.165, 1.54) is 0 Å². The molecular formula is C32H22N4. The molecule has 0 N–H and O–H groups in total. The number of hydrogen-bond acceptors (Lipinski definition) is 4. The molecule has 0 saturated heterocycles. The van der Waals surface area contributed by atoms with Gasteiger partial charge in [-0.3, -0.25) is 4.98 Å². The van der Waals surface area contributed by atoms with Gasteiger partial charge in [0.25, 0.3) is 0 Å². The van der Waals surface area contributed by atoms with Crippen LogP contribution in [-0.4, -0.2) is 9.97 Å². The quantitative estimate of drug-likeness (QED) is 0.263. The van der Waals surface area contributed by atoms with Crippen molar-refractivity contribution < 1.29 is 0 Å². The molecule has 0 bridgehead atoms. The van der Waals surface area contributed by atoms with E-state index in [1.54, 1.807) is 0 Å². The van der Waals surface area contributed by atoms with Gasteiger partial charge in [0.2, 0.25) is 0 Å². The fourth-order valence-electron chi connectivity index (χ4n) is 4.96. The molecule has 5 aromatic carbocycles. The molecule has 0 saturated carbocycles. The number of rotatable bonds is 3. The maximum Gasteiger partial charge on any atom is 0.0894 e. The van der Waals surface area contributed by atoms with Crippen molar-refractivity contribution in [1.82, 2.24) is 9.97 Å². The second-order valence-corrected chi connectivity index (χ2v) is 8.77. The zero-order valence-corrected chi connectivity index (χ0v) is 19.5. The molecular weight excluding hydrogens is 440 g/mol. The van der Waals surface area contributed by atoms with E-state index >= 15 is 0 Å². The van der Waals surface area contributed by atoms with E-state index in [4.69, 9.17) is 4.98 Å². The van der Waals surface area contributed by atoms with Crippen LogP contribution in [0.1, 0.15) is 0 Å². The average molecular weight is 463 g/mol. The highest BCUT2D eigenvalue weighted by Gasteiger charge is 2.29. The maximum absolute atomic E-state index is 4.82. The number of aromatic nitrogens is 2. The molecule has 4 nitrogen and oxygen atoms in total. The monoisotopic (exact) mass is 462 g/mol. The van der Waals surface area contributed by atoms with Gasteiger partial charge in [-0.15, -0.1) is 0 Å². The van der Waals surface area contributed by atoms with Crippen molar-refractivity contribution >= 4 is 45.2 Å². The van der Waals surface area contributed by atoms with Crippen LogP contribution in [0.15, 0.2) is 134 Å². The molecule has 4 heteroatoms. The van der Waals surface area contributed by atoms with Crippen LogP contribution in [0.4, 0.5) is 34.1 Å². The van der Waals surface area contributed by atoms with Crippen LogP contribution in [0, 0.1) is 0 Å². The summed E-state index contributed by atoms with van der Waals surface area (Å²) in [6, 6.07) is 44.2. The normalized spacial score (nSPS) is 12.3. The second-order valence-electron chi connectivity index (χ2n) is 8.77. The Bertz CT molecular complexity index is 1650. The number of nitrogens with zero attached hydrogens (tertiary/aromatic N) is 4. The third-order valence-corrected chi connectivity index (χ3v) is 6.61. The first-order valence-corrected chi connectivity index (χ1v) is 12.0. The van der Waals surface area contributed by atoms with E-state index in [0.29, 0.717) is 0 Å². The third-order valence-electron chi connectivity index (χ3n) is 6.61. The van der Waals surface area contributed by atoms with Crippen LogP contribution in [0.2, 0.25) is 0 Å². The molecule has 0 unspecified atom stereocenters. The summed E-state index contributed by atoms with van der Waals surface area (Å²) in [4.78, 5) is 14.1. The van der Waals surface area contributed by atoms with Crippen LogP contribution >= 0.6 is 0 Å². The van der Waals surface area contributed by atoms with Gasteiger partial charge in [0.15, 0.2) is 0 Å². The lowest BCUT2D eigenvalue weighted by Gasteiger charge is -2.40. The predicted octanol–water partition coefficient (Wildman–Crippen LogP) is 8.55. The largest absolute Gasteiger partial charge is 0.306 e.